The average Bonchev–Trinajstić information content (AvgIpc) is 2.52. The quantitative estimate of drug-likeness (QED) is 0.816. The maximum Gasteiger partial charge on any atom is 0.275 e. The highest BCUT2D eigenvalue weighted by molar-refractivity contribution is 6.30. The number of hydrogen-bond donors (Lipinski definition) is 2. The topological polar surface area (TPSA) is 45.7 Å². The molecule has 3 N–H and O–H groups in total. The standard InChI is InChI=1S/C20H27ClN2O/c21-18-3-1-2-14(9-18)4-5-22-19(24)13-23-20-10-15-6-16(11-20)8-17(7-15)12-20/h1-3,9,15-17,23H,4-8,10-13H2,(H,22,24)/p+1. The largest absolute Gasteiger partial charge is 0.351 e. The molecule has 0 saturated heterocycles. The van der Waals surface area contributed by atoms with E-state index in [4.69, 9.17) is 11.6 Å². The zero-order valence-corrected chi connectivity index (χ0v) is 15.0. The fourth-order valence-electron chi connectivity index (χ4n) is 5.85. The van der Waals surface area contributed by atoms with Crippen LogP contribution < -0.4 is 10.6 Å². The Labute approximate surface area is 149 Å². The maximum absolute atomic E-state index is 12.2. The zero-order chi connectivity index (χ0) is 16.6. The SMILES string of the molecule is O=C(C[NH2+]C12CC3CC(CC(C3)C1)C2)NCCc1cccc(Cl)c1. The summed E-state index contributed by atoms with van der Waals surface area (Å²) in [5, 5.41) is 6.21. The molecule has 4 aliphatic rings. The Hall–Kier alpha value is -1.06. The third-order valence-electron chi connectivity index (χ3n) is 6.43. The number of amides is 1. The summed E-state index contributed by atoms with van der Waals surface area (Å²) in [5.74, 6) is 3.00. The molecule has 0 heterocycles. The molecule has 4 saturated carbocycles. The normalized spacial score (nSPS) is 33.6. The lowest BCUT2D eigenvalue weighted by atomic mass is 9.53. The van der Waals surface area contributed by atoms with Crippen LogP contribution >= 0.6 is 11.6 Å². The van der Waals surface area contributed by atoms with E-state index in [-0.39, 0.29) is 5.91 Å². The summed E-state index contributed by atoms with van der Waals surface area (Å²) in [6.45, 7) is 1.27. The van der Waals surface area contributed by atoms with Gasteiger partial charge in [0.15, 0.2) is 6.54 Å². The van der Waals surface area contributed by atoms with E-state index in [1.54, 1.807) is 0 Å². The van der Waals surface area contributed by atoms with Gasteiger partial charge in [-0.15, -0.1) is 0 Å². The van der Waals surface area contributed by atoms with E-state index in [1.807, 2.05) is 18.2 Å². The van der Waals surface area contributed by atoms with E-state index < -0.39 is 0 Å². The van der Waals surface area contributed by atoms with Crippen LogP contribution in [0.3, 0.4) is 0 Å². The van der Waals surface area contributed by atoms with E-state index in [1.165, 1.54) is 44.1 Å². The Kier molecular flexibility index (Phi) is 4.57. The molecule has 0 spiro atoms. The van der Waals surface area contributed by atoms with Gasteiger partial charge in [0, 0.05) is 30.8 Å². The number of carbonyl (C=O) groups is 1. The van der Waals surface area contributed by atoms with Crippen molar-refractivity contribution in [2.45, 2.75) is 50.5 Å². The molecule has 4 fully saturated rings. The molecule has 0 aromatic heterocycles. The van der Waals surface area contributed by atoms with Crippen LogP contribution in [0, 0.1) is 17.8 Å². The number of nitrogens with two attached hydrogens (primary N) is 1. The summed E-state index contributed by atoms with van der Waals surface area (Å²) in [6.07, 6.45) is 9.23. The van der Waals surface area contributed by atoms with E-state index in [9.17, 15) is 4.79 Å². The van der Waals surface area contributed by atoms with Crippen molar-refractivity contribution < 1.29 is 10.1 Å². The predicted octanol–water partition coefficient (Wildman–Crippen LogP) is 2.53. The molecule has 0 radical (unpaired) electrons. The summed E-state index contributed by atoms with van der Waals surface area (Å²) in [4.78, 5) is 12.2. The summed E-state index contributed by atoms with van der Waals surface area (Å²) in [6, 6.07) is 7.86. The van der Waals surface area contributed by atoms with E-state index in [2.05, 4.69) is 16.7 Å². The van der Waals surface area contributed by atoms with Gasteiger partial charge in [0.05, 0.1) is 5.54 Å². The van der Waals surface area contributed by atoms with Crippen LogP contribution in [-0.4, -0.2) is 24.5 Å². The molecule has 1 aromatic carbocycles. The van der Waals surface area contributed by atoms with Crippen LogP contribution in [0.15, 0.2) is 24.3 Å². The minimum Gasteiger partial charge on any atom is -0.351 e. The second kappa shape index (κ2) is 6.68. The molecule has 24 heavy (non-hydrogen) atoms. The van der Waals surface area contributed by atoms with Crippen LogP contribution in [0.4, 0.5) is 0 Å². The highest BCUT2D eigenvalue weighted by Gasteiger charge is 2.53. The fourth-order valence-corrected chi connectivity index (χ4v) is 6.06. The predicted molar refractivity (Wildman–Crippen MR) is 95.9 cm³/mol. The first kappa shape index (κ1) is 16.4. The van der Waals surface area contributed by atoms with Crippen molar-refractivity contribution in [3.8, 4) is 0 Å². The molecule has 0 aliphatic heterocycles. The Morgan fingerprint density at radius 1 is 1.17 bits per heavy atom. The molecular formula is C20H28ClN2O+. The summed E-state index contributed by atoms with van der Waals surface area (Å²) in [7, 11) is 0. The van der Waals surface area contributed by atoms with Gasteiger partial charge in [-0.2, -0.15) is 0 Å². The van der Waals surface area contributed by atoms with E-state index in [0.29, 0.717) is 18.6 Å². The van der Waals surface area contributed by atoms with Crippen LogP contribution in [0.1, 0.15) is 44.1 Å². The number of rotatable bonds is 6. The highest BCUT2D eigenvalue weighted by atomic mass is 35.5. The lowest BCUT2D eigenvalue weighted by molar-refractivity contribution is -0.730. The van der Waals surface area contributed by atoms with Crippen LogP contribution in [0.2, 0.25) is 5.02 Å². The minimum absolute atomic E-state index is 0.174. The van der Waals surface area contributed by atoms with Gasteiger partial charge < -0.3 is 10.6 Å². The van der Waals surface area contributed by atoms with Gasteiger partial charge in [-0.25, -0.2) is 0 Å². The molecule has 3 nitrogen and oxygen atoms in total. The van der Waals surface area contributed by atoms with Crippen molar-refractivity contribution in [1.29, 1.82) is 0 Å². The van der Waals surface area contributed by atoms with E-state index >= 15 is 0 Å². The Balaban J connectivity index is 1.22. The van der Waals surface area contributed by atoms with Crippen molar-refractivity contribution in [2.75, 3.05) is 13.1 Å². The zero-order valence-electron chi connectivity index (χ0n) is 14.3. The van der Waals surface area contributed by atoms with Gasteiger partial charge >= 0.3 is 0 Å². The fraction of sp³-hybridized carbons (Fsp3) is 0.650. The molecule has 4 bridgehead atoms. The molecule has 130 valence electrons. The third-order valence-corrected chi connectivity index (χ3v) is 6.67. The minimum atomic E-state index is 0.174. The van der Waals surface area contributed by atoms with Gasteiger partial charge in [-0.3, -0.25) is 4.79 Å². The van der Waals surface area contributed by atoms with Gasteiger partial charge in [-0.05, 0) is 61.1 Å². The Bertz CT molecular complexity index is 580. The monoisotopic (exact) mass is 347 g/mol. The molecule has 4 heteroatoms. The number of quaternary nitrogens is 1. The number of nitrogens with one attached hydrogen (secondary N) is 1. The Morgan fingerprint density at radius 2 is 1.83 bits per heavy atom. The van der Waals surface area contributed by atoms with Crippen LogP contribution in [-0.2, 0) is 11.2 Å². The molecule has 0 atom stereocenters. The van der Waals surface area contributed by atoms with Crippen LogP contribution in [0.5, 0.6) is 0 Å². The van der Waals surface area contributed by atoms with Crippen LogP contribution in [0.25, 0.3) is 0 Å². The van der Waals surface area contributed by atoms with Crippen molar-refractivity contribution in [3.05, 3.63) is 34.9 Å². The molecule has 5 rings (SSSR count). The molecular weight excluding hydrogens is 320 g/mol. The second-order valence-corrected chi connectivity index (χ2v) is 8.85. The lowest BCUT2D eigenvalue weighted by Gasteiger charge is -2.54. The lowest BCUT2D eigenvalue weighted by Crippen LogP contribution is -3.00. The molecule has 0 unspecified atom stereocenters. The van der Waals surface area contributed by atoms with Crippen molar-refractivity contribution in [2.24, 2.45) is 17.8 Å². The van der Waals surface area contributed by atoms with Gasteiger partial charge in [-0.1, -0.05) is 23.7 Å². The smallest absolute Gasteiger partial charge is 0.275 e. The maximum atomic E-state index is 12.2. The highest BCUT2D eigenvalue weighted by Crippen LogP contribution is 2.54. The number of halogens is 1. The summed E-state index contributed by atoms with van der Waals surface area (Å²) in [5.41, 5.74) is 1.56. The molecule has 1 amide bonds. The first-order valence-electron chi connectivity index (χ1n) is 9.46. The Morgan fingerprint density at radius 3 is 2.46 bits per heavy atom. The van der Waals surface area contributed by atoms with E-state index in [0.717, 1.165) is 29.2 Å². The first-order chi connectivity index (χ1) is 11.6. The summed E-state index contributed by atoms with van der Waals surface area (Å²) >= 11 is 5.99. The molecule has 1 aromatic rings. The third kappa shape index (κ3) is 3.62. The van der Waals surface area contributed by atoms with Crippen molar-refractivity contribution in [3.63, 3.8) is 0 Å². The van der Waals surface area contributed by atoms with Gasteiger partial charge in [0.25, 0.3) is 5.91 Å². The van der Waals surface area contributed by atoms with Crippen molar-refractivity contribution >= 4 is 17.5 Å². The average molecular weight is 348 g/mol. The van der Waals surface area contributed by atoms with Crippen molar-refractivity contribution in [1.82, 2.24) is 5.32 Å². The van der Waals surface area contributed by atoms with Gasteiger partial charge in [0.2, 0.25) is 0 Å². The first-order valence-corrected chi connectivity index (χ1v) is 9.83. The number of hydrogen-bond acceptors (Lipinski definition) is 1. The summed E-state index contributed by atoms with van der Waals surface area (Å²) < 4.78 is 0. The molecule has 4 aliphatic carbocycles. The second-order valence-electron chi connectivity index (χ2n) is 8.42. The van der Waals surface area contributed by atoms with Gasteiger partial charge in [0.1, 0.15) is 0 Å². The number of carbonyl (C=O) groups excluding carboxylic acids is 1. The number of benzene rings is 1.